The highest BCUT2D eigenvalue weighted by atomic mass is 35.5. The highest BCUT2D eigenvalue weighted by Gasteiger charge is 2.10. The van der Waals surface area contributed by atoms with Crippen LogP contribution in [-0.2, 0) is 11.3 Å². The Kier molecular flexibility index (Phi) is 4.24. The van der Waals surface area contributed by atoms with Gasteiger partial charge in [0.2, 0.25) is 5.82 Å². The second kappa shape index (κ2) is 5.90. The average Bonchev–Trinajstić information content (AvgIpc) is 2.82. The number of aromatic nitrogens is 2. The van der Waals surface area contributed by atoms with Crippen molar-refractivity contribution in [1.29, 1.82) is 0 Å². The maximum Gasteiger partial charge on any atom is 0.252 e. The van der Waals surface area contributed by atoms with Gasteiger partial charge in [-0.05, 0) is 18.2 Å². The molecule has 0 spiro atoms. The van der Waals surface area contributed by atoms with Crippen molar-refractivity contribution in [3.63, 3.8) is 0 Å². The van der Waals surface area contributed by atoms with E-state index in [0.717, 1.165) is 0 Å². The molecule has 2 rings (SSSR count). The van der Waals surface area contributed by atoms with Crippen molar-refractivity contribution in [1.82, 2.24) is 10.1 Å². The van der Waals surface area contributed by atoms with Gasteiger partial charge >= 0.3 is 0 Å². The van der Waals surface area contributed by atoms with Gasteiger partial charge in [0.05, 0.1) is 11.6 Å². The van der Waals surface area contributed by atoms with Crippen molar-refractivity contribution in [2.75, 3.05) is 13.2 Å². The van der Waals surface area contributed by atoms with Crippen LogP contribution in [0.3, 0.4) is 0 Å². The zero-order chi connectivity index (χ0) is 13.0. The molecule has 0 radical (unpaired) electrons. The molecule has 0 aliphatic rings. The molecule has 7 heteroatoms. The lowest BCUT2D eigenvalue weighted by Gasteiger charge is -1.97. The molecular formula is C11H11ClFN3O2. The average molecular weight is 272 g/mol. The van der Waals surface area contributed by atoms with Gasteiger partial charge in [0.25, 0.3) is 5.89 Å². The van der Waals surface area contributed by atoms with E-state index in [1.165, 1.54) is 18.2 Å². The van der Waals surface area contributed by atoms with Gasteiger partial charge in [-0.1, -0.05) is 16.8 Å². The minimum absolute atomic E-state index is 0.0123. The first-order chi connectivity index (χ1) is 8.70. The van der Waals surface area contributed by atoms with Crippen LogP contribution in [0.2, 0.25) is 5.02 Å². The van der Waals surface area contributed by atoms with Crippen LogP contribution in [0.25, 0.3) is 11.4 Å². The molecule has 0 bridgehead atoms. The third-order valence-corrected chi connectivity index (χ3v) is 2.42. The summed E-state index contributed by atoms with van der Waals surface area (Å²) in [6, 6.07) is 4.21. The van der Waals surface area contributed by atoms with E-state index in [4.69, 9.17) is 26.6 Å². The molecule has 0 amide bonds. The minimum atomic E-state index is -0.490. The molecule has 0 aliphatic carbocycles. The summed E-state index contributed by atoms with van der Waals surface area (Å²) in [5, 5.41) is 3.77. The summed E-state index contributed by atoms with van der Waals surface area (Å²) < 4.78 is 23.1. The van der Waals surface area contributed by atoms with E-state index in [1.54, 1.807) is 0 Å². The normalized spacial score (nSPS) is 10.8. The van der Waals surface area contributed by atoms with E-state index in [0.29, 0.717) is 30.4 Å². The summed E-state index contributed by atoms with van der Waals surface area (Å²) in [5.41, 5.74) is 5.86. The van der Waals surface area contributed by atoms with Crippen LogP contribution in [0.5, 0.6) is 0 Å². The number of halogens is 2. The Morgan fingerprint density at radius 3 is 3.00 bits per heavy atom. The predicted octanol–water partition coefficient (Wildman–Crippen LogP) is 2.00. The third-order valence-electron chi connectivity index (χ3n) is 2.13. The van der Waals surface area contributed by atoms with Crippen LogP contribution in [-0.4, -0.2) is 23.3 Å². The molecule has 0 atom stereocenters. The Morgan fingerprint density at radius 1 is 1.44 bits per heavy atom. The van der Waals surface area contributed by atoms with E-state index < -0.39 is 5.82 Å². The van der Waals surface area contributed by atoms with Crippen LogP contribution < -0.4 is 5.73 Å². The van der Waals surface area contributed by atoms with Crippen LogP contribution in [0, 0.1) is 5.82 Å². The number of nitrogens with zero attached hydrogens (tertiary/aromatic N) is 2. The lowest BCUT2D eigenvalue weighted by atomic mass is 10.2. The fraction of sp³-hybridized carbons (Fsp3) is 0.273. The first-order valence-corrected chi connectivity index (χ1v) is 5.64. The molecule has 96 valence electrons. The maximum atomic E-state index is 13.0. The van der Waals surface area contributed by atoms with Gasteiger partial charge in [-0.3, -0.25) is 0 Å². The van der Waals surface area contributed by atoms with Gasteiger partial charge in [0.15, 0.2) is 0 Å². The lowest BCUT2D eigenvalue weighted by molar-refractivity contribution is 0.104. The van der Waals surface area contributed by atoms with Crippen molar-refractivity contribution in [2.24, 2.45) is 5.73 Å². The van der Waals surface area contributed by atoms with Crippen LogP contribution >= 0.6 is 11.6 Å². The molecule has 5 nitrogen and oxygen atoms in total. The quantitative estimate of drug-likeness (QED) is 0.842. The molecule has 1 aromatic heterocycles. The fourth-order valence-electron chi connectivity index (χ4n) is 1.31. The Morgan fingerprint density at radius 2 is 2.28 bits per heavy atom. The molecule has 0 aliphatic heterocycles. The Hall–Kier alpha value is -1.50. The Bertz CT molecular complexity index is 533. The van der Waals surface area contributed by atoms with Crippen molar-refractivity contribution in [2.45, 2.75) is 6.61 Å². The van der Waals surface area contributed by atoms with Gasteiger partial charge in [-0.2, -0.15) is 4.98 Å². The summed E-state index contributed by atoms with van der Waals surface area (Å²) in [7, 11) is 0. The van der Waals surface area contributed by atoms with E-state index in [1.807, 2.05) is 0 Å². The first-order valence-electron chi connectivity index (χ1n) is 5.26. The zero-order valence-electron chi connectivity index (χ0n) is 9.40. The number of benzene rings is 1. The largest absolute Gasteiger partial charge is 0.370 e. The molecule has 18 heavy (non-hydrogen) atoms. The monoisotopic (exact) mass is 271 g/mol. The van der Waals surface area contributed by atoms with Gasteiger partial charge in [-0.25, -0.2) is 4.39 Å². The molecule has 0 saturated carbocycles. The lowest BCUT2D eigenvalue weighted by Crippen LogP contribution is -2.08. The summed E-state index contributed by atoms with van der Waals surface area (Å²) in [6.45, 7) is 1.04. The standard InChI is InChI=1S/C11H11ClFN3O2/c12-8-5-7(1-2-9(8)13)11-15-10(18-16-11)6-17-4-3-14/h1-2,5H,3-4,6,14H2. The molecular weight excluding hydrogens is 261 g/mol. The molecule has 1 heterocycles. The van der Waals surface area contributed by atoms with E-state index in [2.05, 4.69) is 10.1 Å². The van der Waals surface area contributed by atoms with Gasteiger partial charge < -0.3 is 15.0 Å². The first kappa shape index (κ1) is 12.9. The molecule has 0 saturated heterocycles. The number of hydrogen-bond acceptors (Lipinski definition) is 5. The highest BCUT2D eigenvalue weighted by Crippen LogP contribution is 2.22. The van der Waals surface area contributed by atoms with Crippen molar-refractivity contribution in [3.05, 3.63) is 34.9 Å². The summed E-state index contributed by atoms with van der Waals surface area (Å²) in [5.74, 6) is 0.178. The maximum absolute atomic E-state index is 13.0. The number of hydrogen-bond donors (Lipinski definition) is 1. The molecule has 0 fully saturated rings. The number of ether oxygens (including phenoxy) is 1. The van der Waals surface area contributed by atoms with E-state index in [-0.39, 0.29) is 11.6 Å². The number of rotatable bonds is 5. The molecule has 2 N–H and O–H groups in total. The van der Waals surface area contributed by atoms with Crippen LogP contribution in [0.4, 0.5) is 4.39 Å². The predicted molar refractivity (Wildman–Crippen MR) is 63.4 cm³/mol. The second-order valence-corrected chi connectivity index (χ2v) is 3.89. The molecule has 1 aromatic carbocycles. The van der Waals surface area contributed by atoms with Crippen LogP contribution in [0.1, 0.15) is 5.89 Å². The van der Waals surface area contributed by atoms with Crippen LogP contribution in [0.15, 0.2) is 22.7 Å². The van der Waals surface area contributed by atoms with Crippen molar-refractivity contribution in [3.8, 4) is 11.4 Å². The summed E-state index contributed by atoms with van der Waals surface area (Å²) >= 11 is 5.67. The summed E-state index contributed by atoms with van der Waals surface area (Å²) in [4.78, 5) is 4.10. The number of nitrogens with two attached hydrogens (primary N) is 1. The third kappa shape index (κ3) is 3.04. The van der Waals surface area contributed by atoms with Gasteiger partial charge in [-0.15, -0.1) is 0 Å². The second-order valence-electron chi connectivity index (χ2n) is 3.48. The van der Waals surface area contributed by atoms with Gasteiger partial charge in [0.1, 0.15) is 12.4 Å². The van der Waals surface area contributed by atoms with E-state index in [9.17, 15) is 4.39 Å². The Labute approximate surface area is 108 Å². The minimum Gasteiger partial charge on any atom is -0.370 e. The van der Waals surface area contributed by atoms with Crippen molar-refractivity contribution < 1.29 is 13.7 Å². The Balaban J connectivity index is 2.11. The molecule has 2 aromatic rings. The highest BCUT2D eigenvalue weighted by molar-refractivity contribution is 6.31. The van der Waals surface area contributed by atoms with Gasteiger partial charge in [0, 0.05) is 12.1 Å². The van der Waals surface area contributed by atoms with E-state index >= 15 is 0 Å². The summed E-state index contributed by atoms with van der Waals surface area (Å²) in [6.07, 6.45) is 0. The molecule has 0 unspecified atom stereocenters. The SMILES string of the molecule is NCCOCc1nc(-c2ccc(F)c(Cl)c2)no1. The smallest absolute Gasteiger partial charge is 0.252 e. The topological polar surface area (TPSA) is 74.2 Å². The fourth-order valence-corrected chi connectivity index (χ4v) is 1.49. The van der Waals surface area contributed by atoms with Crippen molar-refractivity contribution >= 4 is 11.6 Å². The zero-order valence-corrected chi connectivity index (χ0v) is 10.2.